The lowest BCUT2D eigenvalue weighted by molar-refractivity contribution is -0.161. The number of hydrogen-bond acceptors (Lipinski definition) is 7. The summed E-state index contributed by atoms with van der Waals surface area (Å²) in [7, 11) is 0. The summed E-state index contributed by atoms with van der Waals surface area (Å²) >= 11 is 0. The monoisotopic (exact) mass is 364 g/mol. The smallest absolute Gasteiger partial charge is 0.334 e. The van der Waals surface area contributed by atoms with E-state index in [1.165, 1.54) is 0 Å². The fraction of sp³-hybridized carbons (Fsp3) is 0.684. The first-order valence-electron chi connectivity index (χ1n) is 9.09. The van der Waals surface area contributed by atoms with Gasteiger partial charge in [0.1, 0.15) is 17.8 Å². The van der Waals surface area contributed by atoms with Crippen molar-refractivity contribution in [2.45, 2.75) is 63.3 Å². The van der Waals surface area contributed by atoms with Crippen LogP contribution in [0, 0.1) is 11.8 Å². The number of epoxide rings is 1. The highest BCUT2D eigenvalue weighted by Crippen LogP contribution is 2.52. The number of fused-ring (bicyclic) bond motifs is 4. The third-order valence-electron chi connectivity index (χ3n) is 5.74. The Morgan fingerprint density at radius 2 is 2.23 bits per heavy atom. The minimum Gasteiger partial charge on any atom is -0.458 e. The van der Waals surface area contributed by atoms with E-state index in [0.29, 0.717) is 6.42 Å². The van der Waals surface area contributed by atoms with E-state index in [0.717, 1.165) is 12.0 Å². The lowest BCUT2D eigenvalue weighted by Crippen LogP contribution is -2.44. The maximum absolute atomic E-state index is 12.2. The van der Waals surface area contributed by atoms with Crippen LogP contribution in [-0.4, -0.2) is 53.9 Å². The van der Waals surface area contributed by atoms with Crippen LogP contribution < -0.4 is 0 Å². The lowest BCUT2D eigenvalue weighted by atomic mass is 9.81. The van der Waals surface area contributed by atoms with Crippen molar-refractivity contribution in [3.8, 4) is 0 Å². The second-order valence-corrected chi connectivity index (χ2v) is 7.84. The van der Waals surface area contributed by atoms with E-state index in [4.69, 9.17) is 18.9 Å². The topological polar surface area (TPSA) is 94.6 Å². The Balaban J connectivity index is 1.74. The Bertz CT molecular complexity index is 681. The molecule has 3 saturated heterocycles. The SMILES string of the molecule is C=C1C(=O)OC2CC34OC3CCC(=CC(OC(=O)C(C)C)C12)COC4O. The number of carbonyl (C=O) groups is 2. The van der Waals surface area contributed by atoms with Gasteiger partial charge in [0, 0.05) is 12.0 Å². The highest BCUT2D eigenvalue weighted by atomic mass is 16.7. The van der Waals surface area contributed by atoms with E-state index < -0.39 is 36.0 Å². The number of hydrogen-bond donors (Lipinski definition) is 1. The average Bonchev–Trinajstić information content (AvgIpc) is 3.20. The van der Waals surface area contributed by atoms with Crippen LogP contribution in [0.3, 0.4) is 0 Å². The van der Waals surface area contributed by atoms with E-state index >= 15 is 0 Å². The van der Waals surface area contributed by atoms with Crippen molar-refractivity contribution in [3.63, 3.8) is 0 Å². The molecule has 1 spiro atoms. The van der Waals surface area contributed by atoms with Gasteiger partial charge in [-0.1, -0.05) is 20.4 Å². The molecule has 5 aliphatic rings. The van der Waals surface area contributed by atoms with Crippen LogP contribution >= 0.6 is 0 Å². The molecular weight excluding hydrogens is 340 g/mol. The molecule has 0 aromatic heterocycles. The summed E-state index contributed by atoms with van der Waals surface area (Å²) in [5, 5.41) is 10.5. The zero-order chi connectivity index (χ0) is 18.6. The van der Waals surface area contributed by atoms with Crippen molar-refractivity contribution in [1.29, 1.82) is 0 Å². The summed E-state index contributed by atoms with van der Waals surface area (Å²) < 4.78 is 22.6. The van der Waals surface area contributed by atoms with Crippen molar-refractivity contribution in [1.82, 2.24) is 0 Å². The van der Waals surface area contributed by atoms with Crippen molar-refractivity contribution in [3.05, 3.63) is 23.8 Å². The first kappa shape index (κ1) is 17.7. The summed E-state index contributed by atoms with van der Waals surface area (Å²) in [6, 6.07) is 0. The van der Waals surface area contributed by atoms with Crippen molar-refractivity contribution >= 4 is 11.9 Å². The highest BCUT2D eigenvalue weighted by Gasteiger charge is 2.65. The van der Waals surface area contributed by atoms with Crippen molar-refractivity contribution in [2.75, 3.05) is 6.61 Å². The zero-order valence-electron chi connectivity index (χ0n) is 15.0. The normalized spacial score (nSPS) is 41.7. The second-order valence-electron chi connectivity index (χ2n) is 7.84. The molecule has 4 aliphatic heterocycles. The largest absolute Gasteiger partial charge is 0.458 e. The molecule has 1 N–H and O–H groups in total. The molecule has 6 atom stereocenters. The van der Waals surface area contributed by atoms with Gasteiger partial charge in [0.15, 0.2) is 6.29 Å². The summed E-state index contributed by atoms with van der Waals surface area (Å²) in [5.74, 6) is -1.63. The van der Waals surface area contributed by atoms with Gasteiger partial charge in [-0.15, -0.1) is 0 Å². The predicted octanol–water partition coefficient (Wildman–Crippen LogP) is 1.25. The van der Waals surface area contributed by atoms with Gasteiger partial charge in [-0.2, -0.15) is 0 Å². The molecule has 6 unspecified atom stereocenters. The number of ether oxygens (including phenoxy) is 4. The van der Waals surface area contributed by atoms with E-state index in [-0.39, 0.29) is 36.6 Å². The molecule has 142 valence electrons. The fourth-order valence-corrected chi connectivity index (χ4v) is 4.13. The average molecular weight is 364 g/mol. The minimum atomic E-state index is -1.08. The van der Waals surface area contributed by atoms with Gasteiger partial charge in [0.2, 0.25) is 0 Å². The number of aliphatic hydroxyl groups is 1. The third-order valence-corrected chi connectivity index (χ3v) is 5.74. The van der Waals surface area contributed by atoms with Crippen LogP contribution in [0.25, 0.3) is 0 Å². The second kappa shape index (κ2) is 6.18. The van der Waals surface area contributed by atoms with Crippen LogP contribution in [0.4, 0.5) is 0 Å². The standard InChI is InChI=1S/C19H24O7/c1-9(2)16(20)24-12-6-11-4-5-14-19(26-14,18(22)23-8-11)7-13-15(12)10(3)17(21)25-13/h6,9,12-15,18,22H,3-5,7-8H2,1-2H3. The first-order valence-corrected chi connectivity index (χ1v) is 9.09. The molecule has 1 aliphatic carbocycles. The fourth-order valence-electron chi connectivity index (χ4n) is 4.13. The maximum Gasteiger partial charge on any atom is 0.334 e. The molecule has 4 heterocycles. The molecule has 0 aromatic carbocycles. The van der Waals surface area contributed by atoms with Gasteiger partial charge in [-0.05, 0) is 24.5 Å². The van der Waals surface area contributed by atoms with Crippen molar-refractivity contribution < 1.29 is 33.6 Å². The number of esters is 2. The van der Waals surface area contributed by atoms with E-state index in [2.05, 4.69) is 6.58 Å². The van der Waals surface area contributed by atoms with Gasteiger partial charge in [0.25, 0.3) is 0 Å². The quantitative estimate of drug-likeness (QED) is 0.341. The molecule has 7 heteroatoms. The minimum absolute atomic E-state index is 0.135. The van der Waals surface area contributed by atoms with Crippen LogP contribution in [0.5, 0.6) is 0 Å². The van der Waals surface area contributed by atoms with Gasteiger partial charge in [-0.3, -0.25) is 4.79 Å². The highest BCUT2D eigenvalue weighted by molar-refractivity contribution is 5.91. The number of carbonyl (C=O) groups excluding carboxylic acids is 2. The number of rotatable bonds is 2. The lowest BCUT2D eigenvalue weighted by Gasteiger charge is -2.32. The number of aliphatic hydroxyl groups excluding tert-OH is 1. The molecule has 0 aromatic rings. The molecular formula is C19H24O7. The Labute approximate surface area is 151 Å². The summed E-state index contributed by atoms with van der Waals surface area (Å²) in [5.41, 5.74) is 0.321. The molecule has 7 nitrogen and oxygen atoms in total. The van der Waals surface area contributed by atoms with Crippen molar-refractivity contribution in [2.24, 2.45) is 11.8 Å². The predicted molar refractivity (Wildman–Crippen MR) is 88.7 cm³/mol. The summed E-state index contributed by atoms with van der Waals surface area (Å²) in [6.07, 6.45) is 1.11. The van der Waals surface area contributed by atoms with E-state index in [1.807, 2.05) is 6.08 Å². The van der Waals surface area contributed by atoms with Gasteiger partial charge in [0.05, 0.1) is 24.5 Å². The molecule has 0 amide bonds. The Kier molecular flexibility index (Phi) is 4.21. The van der Waals surface area contributed by atoms with Crippen LogP contribution in [0.2, 0.25) is 0 Å². The third kappa shape index (κ3) is 2.78. The van der Waals surface area contributed by atoms with Gasteiger partial charge in [-0.25, -0.2) is 4.79 Å². The molecule has 0 saturated carbocycles. The summed E-state index contributed by atoms with van der Waals surface area (Å²) in [4.78, 5) is 24.4. The molecule has 2 bridgehead atoms. The Morgan fingerprint density at radius 3 is 2.96 bits per heavy atom. The van der Waals surface area contributed by atoms with Gasteiger partial charge < -0.3 is 24.1 Å². The molecule has 26 heavy (non-hydrogen) atoms. The van der Waals surface area contributed by atoms with E-state index in [9.17, 15) is 14.7 Å². The summed E-state index contributed by atoms with van der Waals surface area (Å²) in [6.45, 7) is 7.62. The van der Waals surface area contributed by atoms with Gasteiger partial charge >= 0.3 is 11.9 Å². The molecule has 0 radical (unpaired) electrons. The zero-order valence-corrected chi connectivity index (χ0v) is 15.0. The maximum atomic E-state index is 12.2. The van der Waals surface area contributed by atoms with E-state index in [1.54, 1.807) is 13.8 Å². The first-order chi connectivity index (χ1) is 12.3. The van der Waals surface area contributed by atoms with Crippen LogP contribution in [0.1, 0.15) is 33.1 Å². The van der Waals surface area contributed by atoms with Crippen LogP contribution in [-0.2, 0) is 28.5 Å². The Hall–Kier alpha value is -1.70. The Morgan fingerprint density at radius 1 is 1.46 bits per heavy atom. The molecule has 5 rings (SSSR count). The molecule has 3 fully saturated rings. The van der Waals surface area contributed by atoms with Crippen LogP contribution in [0.15, 0.2) is 23.8 Å².